The summed E-state index contributed by atoms with van der Waals surface area (Å²) < 4.78 is 17.1. The summed E-state index contributed by atoms with van der Waals surface area (Å²) in [6.07, 6.45) is 4.54. The van der Waals surface area contributed by atoms with Crippen LogP contribution in [-0.4, -0.2) is 54.4 Å². The zero-order valence-corrected chi connectivity index (χ0v) is 18.5. The van der Waals surface area contributed by atoms with E-state index in [2.05, 4.69) is 15.7 Å². The van der Waals surface area contributed by atoms with Crippen LogP contribution in [0.4, 0.5) is 5.82 Å². The number of anilines is 1. The van der Waals surface area contributed by atoms with E-state index < -0.39 is 23.3 Å². The lowest BCUT2D eigenvalue weighted by Gasteiger charge is -2.28. The monoisotopic (exact) mass is 444 g/mol. The quantitative estimate of drug-likeness (QED) is 0.471. The first-order valence-corrected chi connectivity index (χ1v) is 10.3. The third-order valence-electron chi connectivity index (χ3n) is 5.62. The fourth-order valence-electron chi connectivity index (χ4n) is 4.02. The molecule has 1 aliphatic rings. The molecule has 1 saturated carbocycles. The summed E-state index contributed by atoms with van der Waals surface area (Å²) in [6.45, 7) is 0.289. The number of benzene rings is 1. The van der Waals surface area contributed by atoms with Gasteiger partial charge in [-0.25, -0.2) is 4.68 Å². The van der Waals surface area contributed by atoms with Gasteiger partial charge >= 0.3 is 17.8 Å². The van der Waals surface area contributed by atoms with Crippen LogP contribution in [-0.2, 0) is 25.7 Å². The summed E-state index contributed by atoms with van der Waals surface area (Å²) in [6, 6.07) is 7.06. The van der Waals surface area contributed by atoms with Gasteiger partial charge in [-0.15, -0.1) is 0 Å². The molecule has 0 radical (unpaired) electrons. The highest BCUT2D eigenvalue weighted by molar-refractivity contribution is 6.39. The summed E-state index contributed by atoms with van der Waals surface area (Å²) in [4.78, 5) is 37.0. The van der Waals surface area contributed by atoms with Gasteiger partial charge in [0.15, 0.2) is 11.5 Å². The van der Waals surface area contributed by atoms with Crippen LogP contribution in [0.2, 0.25) is 0 Å². The van der Waals surface area contributed by atoms with Crippen LogP contribution >= 0.6 is 0 Å². The van der Waals surface area contributed by atoms with E-state index in [9.17, 15) is 14.4 Å². The van der Waals surface area contributed by atoms with Crippen LogP contribution in [0, 0.1) is 0 Å². The van der Waals surface area contributed by atoms with Crippen LogP contribution in [0.5, 0.6) is 11.5 Å². The first-order chi connectivity index (χ1) is 15.4. The van der Waals surface area contributed by atoms with E-state index in [1.165, 1.54) is 13.3 Å². The van der Waals surface area contributed by atoms with Gasteiger partial charge in [-0.05, 0) is 18.9 Å². The number of nitrogens with one attached hydrogen (secondary N) is 2. The number of amides is 2. The second-order valence-corrected chi connectivity index (χ2v) is 7.68. The molecule has 1 fully saturated rings. The van der Waals surface area contributed by atoms with Crippen LogP contribution in [0.25, 0.3) is 0 Å². The van der Waals surface area contributed by atoms with E-state index in [-0.39, 0.29) is 13.0 Å². The predicted octanol–water partition coefficient (Wildman–Crippen LogP) is 1.88. The number of hydrogen-bond acceptors (Lipinski definition) is 7. The average molecular weight is 444 g/mol. The molecule has 0 spiro atoms. The van der Waals surface area contributed by atoms with Gasteiger partial charge < -0.3 is 24.8 Å². The third kappa shape index (κ3) is 5.19. The summed E-state index contributed by atoms with van der Waals surface area (Å²) in [5.74, 6) is -0.564. The van der Waals surface area contributed by atoms with Crippen molar-refractivity contribution in [2.24, 2.45) is 0 Å². The highest BCUT2D eigenvalue weighted by Gasteiger charge is 2.39. The third-order valence-corrected chi connectivity index (χ3v) is 5.62. The van der Waals surface area contributed by atoms with E-state index in [1.54, 1.807) is 31.0 Å². The molecule has 0 saturated heterocycles. The molecule has 1 aliphatic carbocycles. The lowest BCUT2D eigenvalue weighted by atomic mass is 9.93. The highest BCUT2D eigenvalue weighted by Crippen LogP contribution is 2.33. The molecule has 3 rings (SSSR count). The zero-order valence-electron chi connectivity index (χ0n) is 18.5. The molecule has 2 N–H and O–H groups in total. The first kappa shape index (κ1) is 23.1. The van der Waals surface area contributed by atoms with Crippen molar-refractivity contribution in [1.82, 2.24) is 15.1 Å². The topological polar surface area (TPSA) is 121 Å². The number of esters is 1. The number of rotatable bonds is 8. The minimum atomic E-state index is -0.833. The number of hydrogen-bond donors (Lipinski definition) is 2. The number of para-hydroxylation sites is 1. The van der Waals surface area contributed by atoms with Crippen molar-refractivity contribution in [3.05, 3.63) is 36.0 Å². The minimum absolute atomic E-state index is 0.0378. The number of ether oxygens (including phenoxy) is 3. The van der Waals surface area contributed by atoms with Gasteiger partial charge in [-0.1, -0.05) is 25.0 Å². The Morgan fingerprint density at radius 3 is 2.47 bits per heavy atom. The molecule has 2 aromatic rings. The van der Waals surface area contributed by atoms with Crippen molar-refractivity contribution in [1.29, 1.82) is 0 Å². The number of carbonyl (C=O) groups excluding carboxylic acids is 3. The SMILES string of the molecule is COC(=O)CC1(NC(=O)C(=O)Nc2ccnn2Cc2cccc(OC)c2OC)CCCC1. The molecule has 1 aromatic heterocycles. The van der Waals surface area contributed by atoms with Crippen molar-refractivity contribution >= 4 is 23.6 Å². The van der Waals surface area contributed by atoms with Gasteiger partial charge in [-0.2, -0.15) is 5.10 Å². The largest absolute Gasteiger partial charge is 0.493 e. The predicted molar refractivity (Wildman–Crippen MR) is 115 cm³/mol. The van der Waals surface area contributed by atoms with E-state index in [0.29, 0.717) is 30.2 Å². The maximum absolute atomic E-state index is 12.6. The molecule has 10 nitrogen and oxygen atoms in total. The lowest BCUT2D eigenvalue weighted by Crippen LogP contribution is -2.51. The fraction of sp³-hybridized carbons (Fsp3) is 0.455. The van der Waals surface area contributed by atoms with Crippen molar-refractivity contribution in [2.75, 3.05) is 26.6 Å². The summed E-state index contributed by atoms with van der Waals surface area (Å²) in [5, 5.41) is 9.59. The number of aromatic nitrogens is 2. The van der Waals surface area contributed by atoms with E-state index in [4.69, 9.17) is 14.2 Å². The molecule has 172 valence electrons. The molecule has 1 heterocycles. The molecular formula is C22H28N4O6. The van der Waals surface area contributed by atoms with Crippen LogP contribution in [0.15, 0.2) is 30.5 Å². The van der Waals surface area contributed by atoms with Gasteiger partial charge in [0.1, 0.15) is 5.82 Å². The van der Waals surface area contributed by atoms with Crippen LogP contribution in [0.1, 0.15) is 37.7 Å². The Kier molecular flexibility index (Phi) is 7.34. The van der Waals surface area contributed by atoms with Gasteiger partial charge in [0, 0.05) is 11.6 Å². The zero-order chi connectivity index (χ0) is 23.1. The maximum Gasteiger partial charge on any atom is 0.314 e. The number of methoxy groups -OCH3 is 3. The molecule has 10 heteroatoms. The summed E-state index contributed by atoms with van der Waals surface area (Å²) >= 11 is 0. The lowest BCUT2D eigenvalue weighted by molar-refractivity contribution is -0.144. The molecule has 0 atom stereocenters. The van der Waals surface area contributed by atoms with Crippen molar-refractivity contribution < 1.29 is 28.6 Å². The second kappa shape index (κ2) is 10.2. The fourth-order valence-corrected chi connectivity index (χ4v) is 4.02. The smallest absolute Gasteiger partial charge is 0.314 e. The summed E-state index contributed by atoms with van der Waals surface area (Å²) in [5.41, 5.74) is 0.0360. The Labute approximate surface area is 186 Å². The van der Waals surface area contributed by atoms with Crippen molar-refractivity contribution in [2.45, 2.75) is 44.2 Å². The normalized spacial score (nSPS) is 14.5. The molecule has 0 unspecified atom stereocenters. The van der Waals surface area contributed by atoms with E-state index in [1.807, 2.05) is 12.1 Å². The average Bonchev–Trinajstić information content (AvgIpc) is 3.42. The highest BCUT2D eigenvalue weighted by atomic mass is 16.5. The Hall–Kier alpha value is -3.56. The number of nitrogens with zero attached hydrogens (tertiary/aromatic N) is 2. The maximum atomic E-state index is 12.6. The molecule has 1 aromatic carbocycles. The van der Waals surface area contributed by atoms with Crippen molar-refractivity contribution in [3.63, 3.8) is 0 Å². The Balaban J connectivity index is 1.70. The van der Waals surface area contributed by atoms with Crippen molar-refractivity contribution in [3.8, 4) is 11.5 Å². The Morgan fingerprint density at radius 1 is 1.06 bits per heavy atom. The van der Waals surface area contributed by atoms with Gasteiger partial charge in [-0.3, -0.25) is 14.4 Å². The summed E-state index contributed by atoms with van der Waals surface area (Å²) in [7, 11) is 4.40. The van der Waals surface area contributed by atoms with Crippen LogP contribution in [0.3, 0.4) is 0 Å². The Bertz CT molecular complexity index is 981. The molecule has 2 amide bonds. The molecule has 0 bridgehead atoms. The molecule has 0 aliphatic heterocycles. The van der Waals surface area contributed by atoms with Gasteiger partial charge in [0.2, 0.25) is 0 Å². The van der Waals surface area contributed by atoms with Gasteiger partial charge in [0.25, 0.3) is 0 Å². The molecular weight excluding hydrogens is 416 g/mol. The minimum Gasteiger partial charge on any atom is -0.493 e. The molecule has 32 heavy (non-hydrogen) atoms. The number of carbonyl (C=O) groups is 3. The van der Waals surface area contributed by atoms with E-state index in [0.717, 1.165) is 18.4 Å². The Morgan fingerprint density at radius 2 is 1.81 bits per heavy atom. The second-order valence-electron chi connectivity index (χ2n) is 7.68. The van der Waals surface area contributed by atoms with Gasteiger partial charge in [0.05, 0.1) is 46.0 Å². The first-order valence-electron chi connectivity index (χ1n) is 10.3. The standard InChI is InChI=1S/C22H28N4O6/c1-30-16-8-6-7-15(19(16)32-3)14-26-17(9-12-23-26)24-20(28)21(29)25-22(10-4-5-11-22)13-18(27)31-2/h6-9,12H,4-5,10-11,13-14H2,1-3H3,(H,24,28)(H,25,29). The van der Waals surface area contributed by atoms with E-state index >= 15 is 0 Å². The van der Waals surface area contributed by atoms with Crippen LogP contribution < -0.4 is 20.1 Å².